The fraction of sp³-hybridized carbons (Fsp3) is 0.238. The number of para-hydroxylation sites is 1. The van der Waals surface area contributed by atoms with E-state index in [9.17, 15) is 9.59 Å². The van der Waals surface area contributed by atoms with E-state index in [1.807, 2.05) is 48.0 Å². The van der Waals surface area contributed by atoms with Crippen LogP contribution in [0, 0.1) is 0 Å². The fourth-order valence-electron chi connectivity index (χ4n) is 3.91. The molecule has 6 heteroatoms. The molecule has 138 valence electrons. The van der Waals surface area contributed by atoms with Crippen LogP contribution in [-0.4, -0.2) is 21.6 Å². The normalized spacial score (nSPS) is 16.0. The van der Waals surface area contributed by atoms with E-state index in [-0.39, 0.29) is 11.9 Å². The quantitative estimate of drug-likeness (QED) is 0.494. The Kier molecular flexibility index (Phi) is 4.41. The third kappa shape index (κ3) is 3.08. The van der Waals surface area contributed by atoms with Crippen LogP contribution in [-0.2, 0) is 13.5 Å². The van der Waals surface area contributed by atoms with E-state index in [2.05, 4.69) is 5.32 Å². The van der Waals surface area contributed by atoms with E-state index in [1.54, 1.807) is 17.6 Å². The van der Waals surface area contributed by atoms with E-state index in [0.717, 1.165) is 41.3 Å². The molecule has 27 heavy (non-hydrogen) atoms. The molecule has 0 fully saturated rings. The van der Waals surface area contributed by atoms with Crippen LogP contribution in [0.2, 0.25) is 0 Å². The minimum absolute atomic E-state index is 0.0921. The zero-order chi connectivity index (χ0) is 19.0. The smallest absolute Gasteiger partial charge is 0.274 e. The van der Waals surface area contributed by atoms with Gasteiger partial charge in [-0.1, -0.05) is 24.3 Å². The van der Waals surface area contributed by atoms with Gasteiger partial charge in [-0.15, -0.1) is 0 Å². The second-order valence-electron chi connectivity index (χ2n) is 6.92. The van der Waals surface area contributed by atoms with Crippen LogP contribution >= 0.6 is 0 Å². The Balaban J connectivity index is 1.61. The lowest BCUT2D eigenvalue weighted by molar-refractivity contribution is 0.0706. The molecule has 2 aromatic carbocycles. The standard InChI is InChI=1S/C21H21N3O3/c1-24-18-8-3-2-5-14(18)12-19(24)21(26)22-17-7-4-6-13-11-15(20(25)23-27)9-10-16(13)17/h2-3,5,8-12,17,27H,4,6-7H2,1H3,(H,22,26)(H,23,25). The van der Waals surface area contributed by atoms with Gasteiger partial charge in [0.1, 0.15) is 5.69 Å². The Bertz CT molecular complexity index is 1040. The van der Waals surface area contributed by atoms with Crippen LogP contribution in [0.25, 0.3) is 10.9 Å². The first-order valence-electron chi connectivity index (χ1n) is 9.01. The maximum Gasteiger partial charge on any atom is 0.274 e. The van der Waals surface area contributed by atoms with Gasteiger partial charge in [-0.2, -0.15) is 0 Å². The average molecular weight is 363 g/mol. The van der Waals surface area contributed by atoms with Crippen LogP contribution in [0.1, 0.15) is 50.9 Å². The van der Waals surface area contributed by atoms with Crippen molar-refractivity contribution >= 4 is 22.7 Å². The molecule has 0 radical (unpaired) electrons. The Labute approximate surface area is 156 Å². The van der Waals surface area contributed by atoms with Gasteiger partial charge in [0.15, 0.2) is 0 Å². The molecule has 4 rings (SSSR count). The summed E-state index contributed by atoms with van der Waals surface area (Å²) < 4.78 is 1.91. The molecule has 0 bridgehead atoms. The van der Waals surface area contributed by atoms with Gasteiger partial charge >= 0.3 is 0 Å². The van der Waals surface area contributed by atoms with Gasteiger partial charge in [-0.05, 0) is 54.7 Å². The number of nitrogens with zero attached hydrogens (tertiary/aromatic N) is 1. The first-order valence-corrected chi connectivity index (χ1v) is 9.01. The number of hydrogen-bond acceptors (Lipinski definition) is 3. The zero-order valence-corrected chi connectivity index (χ0v) is 15.0. The van der Waals surface area contributed by atoms with Gasteiger partial charge in [0.25, 0.3) is 11.8 Å². The van der Waals surface area contributed by atoms with Gasteiger partial charge in [-0.25, -0.2) is 5.48 Å². The molecule has 3 N–H and O–H groups in total. The molecule has 0 aliphatic heterocycles. The van der Waals surface area contributed by atoms with Crippen molar-refractivity contribution in [2.24, 2.45) is 7.05 Å². The Hall–Kier alpha value is -3.12. The third-order valence-electron chi connectivity index (χ3n) is 5.31. The number of carbonyl (C=O) groups excluding carboxylic acids is 2. The molecule has 6 nitrogen and oxygen atoms in total. The van der Waals surface area contributed by atoms with E-state index in [1.165, 1.54) is 0 Å². The summed E-state index contributed by atoms with van der Waals surface area (Å²) in [6.07, 6.45) is 2.63. The van der Waals surface area contributed by atoms with Gasteiger partial charge in [0, 0.05) is 23.5 Å². The predicted octanol–water partition coefficient (Wildman–Crippen LogP) is 3.10. The number of aromatic nitrogens is 1. The number of fused-ring (bicyclic) bond motifs is 2. The monoisotopic (exact) mass is 363 g/mol. The highest BCUT2D eigenvalue weighted by Crippen LogP contribution is 2.31. The lowest BCUT2D eigenvalue weighted by Gasteiger charge is -2.27. The first kappa shape index (κ1) is 17.3. The van der Waals surface area contributed by atoms with Crippen molar-refractivity contribution in [2.45, 2.75) is 25.3 Å². The molecule has 1 aromatic heterocycles. The predicted molar refractivity (Wildman–Crippen MR) is 102 cm³/mol. The minimum atomic E-state index is -0.528. The Morgan fingerprint density at radius 3 is 2.70 bits per heavy atom. The molecule has 1 aliphatic rings. The lowest BCUT2D eigenvalue weighted by Crippen LogP contribution is -2.32. The summed E-state index contributed by atoms with van der Waals surface area (Å²) in [5, 5.41) is 13.0. The summed E-state index contributed by atoms with van der Waals surface area (Å²) >= 11 is 0. The lowest BCUT2D eigenvalue weighted by atomic mass is 9.86. The molecule has 1 atom stereocenters. The second kappa shape index (κ2) is 6.89. The molecule has 1 unspecified atom stereocenters. The molecule has 0 spiro atoms. The molecule has 2 amide bonds. The van der Waals surface area contributed by atoms with Crippen molar-refractivity contribution in [2.75, 3.05) is 0 Å². The maximum atomic E-state index is 12.9. The molecule has 1 aliphatic carbocycles. The molecule has 0 saturated carbocycles. The number of amides is 2. The number of benzene rings is 2. The highest BCUT2D eigenvalue weighted by Gasteiger charge is 2.24. The van der Waals surface area contributed by atoms with Crippen LogP contribution < -0.4 is 10.8 Å². The zero-order valence-electron chi connectivity index (χ0n) is 15.0. The van der Waals surface area contributed by atoms with Gasteiger partial charge < -0.3 is 9.88 Å². The molecular formula is C21H21N3O3. The van der Waals surface area contributed by atoms with E-state index in [4.69, 9.17) is 5.21 Å². The summed E-state index contributed by atoms with van der Waals surface area (Å²) in [7, 11) is 1.89. The minimum Gasteiger partial charge on any atom is -0.344 e. The van der Waals surface area contributed by atoms with Crippen molar-refractivity contribution in [3.63, 3.8) is 0 Å². The molecule has 3 aromatic rings. The number of carbonyl (C=O) groups is 2. The SMILES string of the molecule is Cn1c(C(=O)NC2CCCc3cc(C(=O)NO)ccc32)cc2ccccc21. The number of hydroxylamine groups is 1. The van der Waals surface area contributed by atoms with Crippen LogP contribution in [0.15, 0.2) is 48.5 Å². The topological polar surface area (TPSA) is 83.4 Å². The number of rotatable bonds is 3. The van der Waals surface area contributed by atoms with Crippen LogP contribution in [0.5, 0.6) is 0 Å². The molecular weight excluding hydrogens is 342 g/mol. The number of hydrogen-bond donors (Lipinski definition) is 3. The maximum absolute atomic E-state index is 12.9. The molecule has 0 saturated heterocycles. The highest BCUT2D eigenvalue weighted by atomic mass is 16.5. The molecule has 1 heterocycles. The van der Waals surface area contributed by atoms with Crippen LogP contribution in [0.3, 0.4) is 0 Å². The van der Waals surface area contributed by atoms with Crippen LogP contribution in [0.4, 0.5) is 0 Å². The summed E-state index contributed by atoms with van der Waals surface area (Å²) in [5.74, 6) is -0.636. The average Bonchev–Trinajstić information content (AvgIpc) is 3.04. The van der Waals surface area contributed by atoms with Gasteiger partial charge in [0.2, 0.25) is 0 Å². The van der Waals surface area contributed by atoms with Crippen molar-refractivity contribution in [3.05, 3.63) is 70.9 Å². The second-order valence-corrected chi connectivity index (χ2v) is 6.92. The summed E-state index contributed by atoms with van der Waals surface area (Å²) in [5.41, 5.74) is 5.78. The Morgan fingerprint density at radius 2 is 1.93 bits per heavy atom. The third-order valence-corrected chi connectivity index (χ3v) is 5.31. The summed E-state index contributed by atoms with van der Waals surface area (Å²) in [6, 6.07) is 15.1. The Morgan fingerprint density at radius 1 is 1.11 bits per heavy atom. The van der Waals surface area contributed by atoms with Crippen molar-refractivity contribution in [1.29, 1.82) is 0 Å². The number of aryl methyl sites for hydroxylation is 2. The van der Waals surface area contributed by atoms with Gasteiger partial charge in [0.05, 0.1) is 6.04 Å². The van der Waals surface area contributed by atoms with E-state index < -0.39 is 5.91 Å². The van der Waals surface area contributed by atoms with Crippen molar-refractivity contribution in [1.82, 2.24) is 15.4 Å². The summed E-state index contributed by atoms with van der Waals surface area (Å²) in [6.45, 7) is 0. The van der Waals surface area contributed by atoms with Crippen molar-refractivity contribution < 1.29 is 14.8 Å². The van der Waals surface area contributed by atoms with Gasteiger partial charge in [-0.3, -0.25) is 14.8 Å². The van der Waals surface area contributed by atoms with E-state index >= 15 is 0 Å². The van der Waals surface area contributed by atoms with E-state index in [0.29, 0.717) is 11.3 Å². The summed E-state index contributed by atoms with van der Waals surface area (Å²) in [4.78, 5) is 24.5. The number of nitrogens with one attached hydrogen (secondary N) is 2. The fourth-order valence-corrected chi connectivity index (χ4v) is 3.91. The first-order chi connectivity index (χ1) is 13.1. The van der Waals surface area contributed by atoms with Crippen molar-refractivity contribution in [3.8, 4) is 0 Å². The largest absolute Gasteiger partial charge is 0.344 e. The highest BCUT2D eigenvalue weighted by molar-refractivity contribution is 5.99.